The molecule has 0 saturated carbocycles. The first kappa shape index (κ1) is 13.2. The summed E-state index contributed by atoms with van der Waals surface area (Å²) in [6.07, 6.45) is -1.52. The van der Waals surface area contributed by atoms with Crippen molar-refractivity contribution in [2.75, 3.05) is 5.32 Å². The van der Waals surface area contributed by atoms with E-state index in [4.69, 9.17) is 22.4 Å². The molecule has 0 spiro atoms. The fraction of sp³-hybridized carbons (Fsp3) is 0.625. The van der Waals surface area contributed by atoms with Crippen LogP contribution in [0.5, 0.6) is 0 Å². The number of aromatic amines is 1. The van der Waals surface area contributed by atoms with Crippen LogP contribution in [0.4, 0.5) is 5.13 Å². The largest absolute Gasteiger partial charge is 0.368 e. The fourth-order valence-corrected chi connectivity index (χ4v) is 1.79. The lowest BCUT2D eigenvalue weighted by Gasteiger charge is -2.19. The van der Waals surface area contributed by atoms with Gasteiger partial charge >= 0.3 is 0 Å². The summed E-state index contributed by atoms with van der Waals surface area (Å²) in [5.41, 5.74) is 0. The highest BCUT2D eigenvalue weighted by Crippen LogP contribution is 2.18. The minimum absolute atomic E-state index is 0.321. The van der Waals surface area contributed by atoms with E-state index in [-0.39, 0.29) is 5.91 Å². The summed E-state index contributed by atoms with van der Waals surface area (Å²) in [5.74, 6) is -1.40. The molecule has 8 heteroatoms. The lowest BCUT2D eigenvalue weighted by atomic mass is 9.95. The van der Waals surface area contributed by atoms with E-state index in [2.05, 4.69) is 15.5 Å². The summed E-state index contributed by atoms with van der Waals surface area (Å²) in [7, 11) is 0. The Bertz CT molecular complexity index is 415. The number of carbonyl (C=O) groups is 1. The Labute approximate surface area is 101 Å². The van der Waals surface area contributed by atoms with Gasteiger partial charge in [0.05, 0.1) is 0 Å². The van der Waals surface area contributed by atoms with E-state index in [0.29, 0.717) is 9.09 Å². The van der Waals surface area contributed by atoms with Crippen LogP contribution in [0.3, 0.4) is 0 Å². The van der Waals surface area contributed by atoms with Gasteiger partial charge in [-0.05, 0) is 12.2 Å². The summed E-state index contributed by atoms with van der Waals surface area (Å²) in [4.78, 5) is 11.7. The zero-order chi connectivity index (χ0) is 12.3. The van der Waals surface area contributed by atoms with Gasteiger partial charge in [-0.3, -0.25) is 9.89 Å². The maximum absolute atomic E-state index is 11.7. The van der Waals surface area contributed by atoms with Crippen molar-refractivity contribution < 1.29 is 15.0 Å². The average molecular weight is 263 g/mol. The van der Waals surface area contributed by atoms with Gasteiger partial charge in [0.15, 0.2) is 10.2 Å². The van der Waals surface area contributed by atoms with Crippen molar-refractivity contribution in [3.63, 3.8) is 0 Å². The summed E-state index contributed by atoms with van der Waals surface area (Å²) < 4.78 is 0.471. The van der Waals surface area contributed by atoms with Crippen LogP contribution in [-0.2, 0) is 4.79 Å². The molecule has 0 saturated heterocycles. The SMILES string of the molecule is CC(C(=O)Nc1n[nH]c(=S)s1)C(C)C(O)O. The predicted octanol–water partition coefficient (Wildman–Crippen LogP) is 0.722. The van der Waals surface area contributed by atoms with Crippen LogP contribution in [0.25, 0.3) is 0 Å². The number of nitrogens with zero attached hydrogens (tertiary/aromatic N) is 1. The molecule has 1 aromatic rings. The third kappa shape index (κ3) is 3.34. The van der Waals surface area contributed by atoms with Crippen molar-refractivity contribution >= 4 is 34.6 Å². The molecule has 1 amide bonds. The Kier molecular flexibility index (Phi) is 4.54. The Balaban J connectivity index is 2.62. The fourth-order valence-electron chi connectivity index (χ4n) is 1.000. The van der Waals surface area contributed by atoms with Gasteiger partial charge in [0.1, 0.15) is 0 Å². The van der Waals surface area contributed by atoms with Crippen LogP contribution in [0.15, 0.2) is 0 Å². The maximum Gasteiger partial charge on any atom is 0.229 e. The van der Waals surface area contributed by atoms with Gasteiger partial charge in [-0.25, -0.2) is 0 Å². The number of carbonyl (C=O) groups excluding carboxylic acids is 1. The quantitative estimate of drug-likeness (QED) is 0.474. The van der Waals surface area contributed by atoms with Crippen molar-refractivity contribution in [3.05, 3.63) is 3.95 Å². The minimum atomic E-state index is -1.52. The zero-order valence-corrected chi connectivity index (χ0v) is 10.4. The first-order valence-electron chi connectivity index (χ1n) is 4.64. The minimum Gasteiger partial charge on any atom is -0.368 e. The van der Waals surface area contributed by atoms with E-state index in [1.165, 1.54) is 0 Å². The summed E-state index contributed by atoms with van der Waals surface area (Å²) in [6, 6.07) is 0. The number of aliphatic hydroxyl groups is 2. The van der Waals surface area contributed by atoms with Gasteiger partial charge < -0.3 is 15.5 Å². The van der Waals surface area contributed by atoms with E-state index in [9.17, 15) is 4.79 Å². The van der Waals surface area contributed by atoms with E-state index in [1.54, 1.807) is 13.8 Å². The average Bonchev–Trinajstić information content (AvgIpc) is 2.61. The monoisotopic (exact) mass is 263 g/mol. The number of H-pyrrole nitrogens is 1. The first-order chi connectivity index (χ1) is 7.41. The predicted molar refractivity (Wildman–Crippen MR) is 62.5 cm³/mol. The molecule has 0 aliphatic rings. The molecular weight excluding hydrogens is 250 g/mol. The number of nitrogens with one attached hydrogen (secondary N) is 2. The molecule has 0 aliphatic carbocycles. The Morgan fingerprint density at radius 3 is 2.62 bits per heavy atom. The number of anilines is 1. The molecule has 2 atom stereocenters. The van der Waals surface area contributed by atoms with Crippen LogP contribution < -0.4 is 5.32 Å². The normalized spacial score (nSPS) is 14.8. The third-order valence-electron chi connectivity index (χ3n) is 2.34. The summed E-state index contributed by atoms with van der Waals surface area (Å²) in [5, 5.41) is 27.1. The van der Waals surface area contributed by atoms with E-state index >= 15 is 0 Å². The molecule has 0 bridgehead atoms. The van der Waals surface area contributed by atoms with Gasteiger partial charge in [0, 0.05) is 11.8 Å². The lowest BCUT2D eigenvalue weighted by Crippen LogP contribution is -2.32. The second-order valence-electron chi connectivity index (χ2n) is 3.47. The summed E-state index contributed by atoms with van der Waals surface area (Å²) in [6.45, 7) is 3.20. The molecule has 0 aliphatic heterocycles. The van der Waals surface area contributed by atoms with Crippen LogP contribution in [-0.4, -0.2) is 32.6 Å². The number of hydrogen-bond acceptors (Lipinski definition) is 6. The Hall–Kier alpha value is -0.830. The number of amides is 1. The van der Waals surface area contributed by atoms with Crippen LogP contribution in [0, 0.1) is 15.8 Å². The number of aliphatic hydroxyl groups excluding tert-OH is 1. The number of hydrogen-bond donors (Lipinski definition) is 4. The Morgan fingerprint density at radius 1 is 1.56 bits per heavy atom. The smallest absolute Gasteiger partial charge is 0.229 e. The highest BCUT2D eigenvalue weighted by Gasteiger charge is 2.25. The molecule has 1 aromatic heterocycles. The molecule has 0 fully saturated rings. The molecule has 1 heterocycles. The Morgan fingerprint density at radius 2 is 2.19 bits per heavy atom. The standard InChI is InChI=1S/C8H13N3O3S2/c1-3(4(2)6(13)14)5(12)9-7-10-11-8(15)16-7/h3-4,6,13-14H,1-2H3,(H,11,15)(H,9,10,12). The van der Waals surface area contributed by atoms with Gasteiger partial charge in [-0.15, -0.1) is 5.10 Å². The molecule has 90 valence electrons. The first-order valence-corrected chi connectivity index (χ1v) is 5.86. The highest BCUT2D eigenvalue weighted by atomic mass is 32.1. The van der Waals surface area contributed by atoms with Crippen molar-refractivity contribution in [1.82, 2.24) is 10.2 Å². The van der Waals surface area contributed by atoms with Gasteiger partial charge in [0.25, 0.3) is 0 Å². The topological polar surface area (TPSA) is 98.2 Å². The van der Waals surface area contributed by atoms with E-state index < -0.39 is 18.1 Å². The molecule has 1 rings (SSSR count). The molecule has 4 N–H and O–H groups in total. The van der Waals surface area contributed by atoms with Crippen molar-refractivity contribution in [1.29, 1.82) is 0 Å². The van der Waals surface area contributed by atoms with Gasteiger partial charge in [0.2, 0.25) is 11.0 Å². The summed E-state index contributed by atoms with van der Waals surface area (Å²) >= 11 is 5.96. The van der Waals surface area contributed by atoms with Crippen LogP contribution in [0.2, 0.25) is 0 Å². The van der Waals surface area contributed by atoms with Crippen molar-refractivity contribution in [2.45, 2.75) is 20.1 Å². The lowest BCUT2D eigenvalue weighted by molar-refractivity contribution is -0.131. The molecule has 2 unspecified atom stereocenters. The molecule has 0 aromatic carbocycles. The molecule has 0 radical (unpaired) electrons. The van der Waals surface area contributed by atoms with E-state index in [0.717, 1.165) is 11.3 Å². The zero-order valence-electron chi connectivity index (χ0n) is 8.80. The molecule has 6 nitrogen and oxygen atoms in total. The molecule has 16 heavy (non-hydrogen) atoms. The van der Waals surface area contributed by atoms with Gasteiger partial charge in [-0.2, -0.15) is 0 Å². The molecular formula is C8H13N3O3S2. The second kappa shape index (κ2) is 5.48. The maximum atomic E-state index is 11.7. The number of aromatic nitrogens is 2. The van der Waals surface area contributed by atoms with Gasteiger partial charge in [-0.1, -0.05) is 25.2 Å². The van der Waals surface area contributed by atoms with Crippen molar-refractivity contribution in [3.8, 4) is 0 Å². The highest BCUT2D eigenvalue weighted by molar-refractivity contribution is 7.73. The van der Waals surface area contributed by atoms with Crippen LogP contribution >= 0.6 is 23.6 Å². The van der Waals surface area contributed by atoms with Crippen molar-refractivity contribution in [2.24, 2.45) is 11.8 Å². The van der Waals surface area contributed by atoms with Crippen LogP contribution in [0.1, 0.15) is 13.8 Å². The number of rotatable bonds is 4. The second-order valence-corrected chi connectivity index (χ2v) is 5.13. The van der Waals surface area contributed by atoms with E-state index in [1.807, 2.05) is 0 Å². The third-order valence-corrected chi connectivity index (χ3v) is 3.35.